The number of hydrogen-bond acceptors (Lipinski definition) is 4. The molecule has 0 bridgehead atoms. The third-order valence-corrected chi connectivity index (χ3v) is 6.13. The summed E-state index contributed by atoms with van der Waals surface area (Å²) in [7, 11) is 1.73. The second-order valence-corrected chi connectivity index (χ2v) is 8.13. The molecule has 164 valence electrons. The van der Waals surface area contributed by atoms with E-state index in [-0.39, 0.29) is 16.9 Å². The summed E-state index contributed by atoms with van der Waals surface area (Å²) in [5, 5.41) is 3.45. The van der Waals surface area contributed by atoms with Crippen LogP contribution in [0.2, 0.25) is 0 Å². The molecule has 2 aromatic heterocycles. The smallest absolute Gasteiger partial charge is 0.356 e. The molecular weight excluding hydrogens is 476 g/mol. The first-order chi connectivity index (χ1) is 15.3. The molecule has 0 aliphatic heterocycles. The largest absolute Gasteiger partial charge is 0.448 e. The first-order valence-electron chi connectivity index (χ1n) is 9.91. The molecule has 8 nitrogen and oxygen atoms in total. The minimum absolute atomic E-state index is 0.135. The summed E-state index contributed by atoms with van der Waals surface area (Å²) in [5.74, 6) is -1.28. The number of hydrogen-bond donors (Lipinski definition) is 2. The Balaban J connectivity index is 1.53. The number of rotatable bonds is 5. The summed E-state index contributed by atoms with van der Waals surface area (Å²) < 4.78 is 9.04. The molecule has 0 saturated carbocycles. The van der Waals surface area contributed by atoms with Gasteiger partial charge in [-0.25, -0.2) is 9.48 Å². The molecule has 4 aromatic rings. The third kappa shape index (κ3) is 3.75. The van der Waals surface area contributed by atoms with Gasteiger partial charge in [0, 0.05) is 18.0 Å². The van der Waals surface area contributed by atoms with Gasteiger partial charge in [0.1, 0.15) is 11.4 Å². The second kappa shape index (κ2) is 8.51. The Kier molecular flexibility index (Phi) is 5.75. The fraction of sp³-hybridized carbons (Fsp3) is 0.174. The van der Waals surface area contributed by atoms with E-state index in [0.29, 0.717) is 15.9 Å². The zero-order valence-corrected chi connectivity index (χ0v) is 19.3. The summed E-state index contributed by atoms with van der Waals surface area (Å²) in [6.45, 7) is 3.19. The quantitative estimate of drug-likeness (QED) is 0.409. The number of nitrogens with zero attached hydrogens (tertiary/aromatic N) is 2. The van der Waals surface area contributed by atoms with Crippen LogP contribution in [0.3, 0.4) is 0 Å². The standard InChI is InChI=1S/C23H21BrN4O4/c1-13-19(22(30)28(27(13)3)15-9-5-4-6-10-15)26-21(29)14(2)32-23(31)20-18(24)16-11-7-8-12-17(16)25-20/h4-12,14,25H,1-3H3,(H,26,29). The van der Waals surface area contributed by atoms with Gasteiger partial charge in [0.25, 0.3) is 11.5 Å². The van der Waals surface area contributed by atoms with E-state index in [1.54, 1.807) is 30.8 Å². The summed E-state index contributed by atoms with van der Waals surface area (Å²) in [5.41, 5.74) is 1.99. The lowest BCUT2D eigenvalue weighted by Gasteiger charge is -2.12. The maximum atomic E-state index is 13.0. The molecule has 9 heteroatoms. The van der Waals surface area contributed by atoms with Crippen molar-refractivity contribution < 1.29 is 14.3 Å². The van der Waals surface area contributed by atoms with Gasteiger partial charge in [0.15, 0.2) is 6.10 Å². The van der Waals surface area contributed by atoms with Crippen LogP contribution in [0.1, 0.15) is 23.1 Å². The highest BCUT2D eigenvalue weighted by atomic mass is 79.9. The van der Waals surface area contributed by atoms with Crippen molar-refractivity contribution in [3.8, 4) is 5.69 Å². The van der Waals surface area contributed by atoms with Gasteiger partial charge in [-0.2, -0.15) is 0 Å². The average molecular weight is 497 g/mol. The first-order valence-corrected chi connectivity index (χ1v) is 10.7. The fourth-order valence-corrected chi connectivity index (χ4v) is 4.07. The van der Waals surface area contributed by atoms with Crippen molar-refractivity contribution in [2.45, 2.75) is 20.0 Å². The summed E-state index contributed by atoms with van der Waals surface area (Å²) in [6, 6.07) is 16.5. The minimum Gasteiger partial charge on any atom is -0.448 e. The number of H-pyrrole nitrogens is 1. The first kappa shape index (κ1) is 21.6. The van der Waals surface area contributed by atoms with E-state index >= 15 is 0 Å². The Labute approximate surface area is 191 Å². The highest BCUT2D eigenvalue weighted by molar-refractivity contribution is 9.10. The predicted octanol–water partition coefficient (Wildman–Crippen LogP) is 3.91. The molecule has 2 heterocycles. The van der Waals surface area contributed by atoms with Gasteiger partial charge in [-0.3, -0.25) is 14.3 Å². The van der Waals surface area contributed by atoms with Crippen LogP contribution in [0.5, 0.6) is 0 Å². The minimum atomic E-state index is -1.12. The molecule has 32 heavy (non-hydrogen) atoms. The van der Waals surface area contributed by atoms with E-state index in [9.17, 15) is 14.4 Å². The van der Waals surface area contributed by atoms with Gasteiger partial charge in [-0.15, -0.1) is 0 Å². The van der Waals surface area contributed by atoms with E-state index in [0.717, 1.165) is 10.9 Å². The molecule has 1 amide bonds. The monoisotopic (exact) mass is 496 g/mol. The number of anilines is 1. The van der Waals surface area contributed by atoms with Crippen LogP contribution < -0.4 is 10.9 Å². The van der Waals surface area contributed by atoms with Crippen molar-refractivity contribution >= 4 is 44.4 Å². The molecule has 0 saturated heterocycles. The number of esters is 1. The Morgan fingerprint density at radius 1 is 1.09 bits per heavy atom. The topological polar surface area (TPSA) is 98.1 Å². The van der Waals surface area contributed by atoms with Crippen molar-refractivity contribution in [2.75, 3.05) is 5.32 Å². The third-order valence-electron chi connectivity index (χ3n) is 5.30. The lowest BCUT2D eigenvalue weighted by Crippen LogP contribution is -2.32. The number of carbonyl (C=O) groups excluding carboxylic acids is 2. The number of aromatic amines is 1. The highest BCUT2D eigenvalue weighted by Crippen LogP contribution is 2.28. The van der Waals surface area contributed by atoms with Crippen LogP contribution in [-0.4, -0.2) is 32.3 Å². The van der Waals surface area contributed by atoms with Gasteiger partial charge in [-0.1, -0.05) is 36.4 Å². The van der Waals surface area contributed by atoms with Gasteiger partial charge >= 0.3 is 5.97 Å². The summed E-state index contributed by atoms with van der Waals surface area (Å²) in [6.07, 6.45) is -1.12. The molecule has 0 radical (unpaired) electrons. The van der Waals surface area contributed by atoms with E-state index < -0.39 is 18.0 Å². The molecule has 0 fully saturated rings. The van der Waals surface area contributed by atoms with Crippen LogP contribution in [0, 0.1) is 6.92 Å². The number of fused-ring (bicyclic) bond motifs is 1. The molecule has 0 aliphatic carbocycles. The van der Waals surface area contributed by atoms with Gasteiger partial charge in [0.2, 0.25) is 0 Å². The van der Waals surface area contributed by atoms with Gasteiger partial charge in [0.05, 0.1) is 15.9 Å². The lowest BCUT2D eigenvalue weighted by atomic mass is 10.2. The molecule has 2 aromatic carbocycles. The second-order valence-electron chi connectivity index (χ2n) is 7.33. The molecule has 2 N–H and O–H groups in total. The molecule has 0 aliphatic rings. The van der Waals surface area contributed by atoms with Crippen LogP contribution in [0.4, 0.5) is 5.69 Å². The van der Waals surface area contributed by atoms with Gasteiger partial charge in [-0.05, 0) is 48.0 Å². The fourth-order valence-electron chi connectivity index (χ4n) is 3.46. The molecule has 4 rings (SSSR count). The Morgan fingerprint density at radius 3 is 2.44 bits per heavy atom. The Hall–Kier alpha value is -3.59. The van der Waals surface area contributed by atoms with Crippen LogP contribution in [0.15, 0.2) is 63.9 Å². The highest BCUT2D eigenvalue weighted by Gasteiger charge is 2.25. The number of halogens is 1. The van der Waals surface area contributed by atoms with E-state index in [2.05, 4.69) is 26.2 Å². The Morgan fingerprint density at radius 2 is 1.75 bits per heavy atom. The normalized spacial score (nSPS) is 12.0. The van der Waals surface area contributed by atoms with Crippen LogP contribution in [0.25, 0.3) is 16.6 Å². The molecule has 1 atom stereocenters. The summed E-state index contributed by atoms with van der Waals surface area (Å²) >= 11 is 3.41. The molecule has 1 unspecified atom stereocenters. The number of ether oxygens (including phenoxy) is 1. The summed E-state index contributed by atoms with van der Waals surface area (Å²) in [4.78, 5) is 41.3. The van der Waals surface area contributed by atoms with Crippen molar-refractivity contribution in [2.24, 2.45) is 7.05 Å². The number of aromatic nitrogens is 3. The van der Waals surface area contributed by atoms with Crippen LogP contribution >= 0.6 is 15.9 Å². The predicted molar refractivity (Wildman–Crippen MR) is 125 cm³/mol. The average Bonchev–Trinajstić information content (AvgIpc) is 3.23. The molecular formula is C23H21BrN4O4. The van der Waals surface area contributed by atoms with Crippen molar-refractivity contribution in [1.29, 1.82) is 0 Å². The number of amides is 1. The zero-order valence-electron chi connectivity index (χ0n) is 17.7. The Bertz CT molecular complexity index is 1380. The van der Waals surface area contributed by atoms with Gasteiger partial charge < -0.3 is 15.0 Å². The maximum Gasteiger partial charge on any atom is 0.356 e. The van der Waals surface area contributed by atoms with E-state index in [1.807, 2.05) is 42.5 Å². The zero-order chi connectivity index (χ0) is 23.0. The SMILES string of the molecule is Cc1c(NC(=O)C(C)OC(=O)c2[nH]c3ccccc3c2Br)c(=O)n(-c2ccccc2)n1C. The van der Waals surface area contributed by atoms with E-state index in [1.165, 1.54) is 11.6 Å². The lowest BCUT2D eigenvalue weighted by molar-refractivity contribution is -0.123. The van der Waals surface area contributed by atoms with E-state index in [4.69, 9.17) is 4.74 Å². The number of carbonyl (C=O) groups is 2. The number of para-hydroxylation sites is 2. The maximum absolute atomic E-state index is 13.0. The number of nitrogens with one attached hydrogen (secondary N) is 2. The van der Waals surface area contributed by atoms with Crippen molar-refractivity contribution in [3.63, 3.8) is 0 Å². The van der Waals surface area contributed by atoms with Crippen LogP contribution in [-0.2, 0) is 16.6 Å². The van der Waals surface area contributed by atoms with Crippen molar-refractivity contribution in [3.05, 3.63) is 80.8 Å². The van der Waals surface area contributed by atoms with Crippen molar-refractivity contribution in [1.82, 2.24) is 14.3 Å². The number of benzene rings is 2. The molecule has 0 spiro atoms.